The van der Waals surface area contributed by atoms with Gasteiger partial charge in [0.2, 0.25) is 0 Å². The van der Waals surface area contributed by atoms with Gasteiger partial charge in [-0.1, -0.05) is 32.7 Å². The summed E-state index contributed by atoms with van der Waals surface area (Å²) in [6, 6.07) is 0. The molecule has 0 spiro atoms. The molecule has 62 valence electrons. The van der Waals surface area contributed by atoms with Crippen LogP contribution in [0.3, 0.4) is 0 Å². The molecule has 0 radical (unpaired) electrons. The first kappa shape index (κ1) is 11.3. The van der Waals surface area contributed by atoms with Crippen LogP contribution >= 0.6 is 21.8 Å². The standard InChI is InChI=1S/C5H18INSi3/c1-8(2)7(9(3)4)10(5)6/h8-10H,1-5H3. The Morgan fingerprint density at radius 2 is 1.20 bits per heavy atom. The average molecular weight is 303 g/mol. The Hall–Kier alpha value is 1.34. The van der Waals surface area contributed by atoms with E-state index in [1.165, 1.54) is 0 Å². The van der Waals surface area contributed by atoms with Gasteiger partial charge in [0.25, 0.3) is 0 Å². The van der Waals surface area contributed by atoms with Crippen molar-refractivity contribution in [2.24, 2.45) is 0 Å². The third-order valence-corrected chi connectivity index (χ3v) is 20.2. The summed E-state index contributed by atoms with van der Waals surface area (Å²) in [5.74, 6) is 0. The summed E-state index contributed by atoms with van der Waals surface area (Å²) in [5.41, 5.74) is 0. The van der Waals surface area contributed by atoms with Crippen molar-refractivity contribution in [3.63, 3.8) is 0 Å². The quantitative estimate of drug-likeness (QED) is 0.434. The number of hydrogen-bond acceptors (Lipinski definition) is 1. The van der Waals surface area contributed by atoms with Gasteiger partial charge in [0.15, 0.2) is 6.45 Å². The van der Waals surface area contributed by atoms with Crippen LogP contribution in [0.15, 0.2) is 0 Å². The van der Waals surface area contributed by atoms with Crippen molar-refractivity contribution in [1.29, 1.82) is 0 Å². The Morgan fingerprint density at radius 1 is 0.900 bits per heavy atom. The van der Waals surface area contributed by atoms with Gasteiger partial charge in [-0.25, -0.2) is 0 Å². The van der Waals surface area contributed by atoms with Gasteiger partial charge in [-0.05, 0) is 0 Å². The number of rotatable bonds is 3. The molecule has 0 N–H and O–H groups in total. The molecular formula is C5H18INSi3. The molecule has 0 rings (SSSR count). The van der Waals surface area contributed by atoms with E-state index in [9.17, 15) is 0 Å². The molecule has 0 saturated carbocycles. The van der Waals surface area contributed by atoms with Crippen LogP contribution in [0.2, 0.25) is 32.7 Å². The second-order valence-corrected chi connectivity index (χ2v) is 17.7. The highest BCUT2D eigenvalue weighted by molar-refractivity contribution is 14.1. The minimum atomic E-state index is -0.474. The summed E-state index contributed by atoms with van der Waals surface area (Å²) in [4.78, 5) is 0. The Morgan fingerprint density at radius 3 is 1.20 bits per heavy atom. The van der Waals surface area contributed by atoms with E-state index in [4.69, 9.17) is 0 Å². The van der Waals surface area contributed by atoms with Crippen molar-refractivity contribution in [1.82, 2.24) is 3.90 Å². The van der Waals surface area contributed by atoms with E-state index < -0.39 is 24.4 Å². The largest absolute Gasteiger partial charge is 0.368 e. The van der Waals surface area contributed by atoms with Crippen LogP contribution in [0, 0.1) is 0 Å². The van der Waals surface area contributed by atoms with E-state index in [1.807, 2.05) is 0 Å². The molecule has 0 heterocycles. The van der Waals surface area contributed by atoms with Crippen molar-refractivity contribution >= 4 is 46.2 Å². The highest BCUT2D eigenvalue weighted by Gasteiger charge is 2.19. The fourth-order valence-electron chi connectivity index (χ4n) is 1.42. The predicted molar refractivity (Wildman–Crippen MR) is 66.6 cm³/mol. The molecule has 5 heteroatoms. The van der Waals surface area contributed by atoms with Crippen LogP contribution < -0.4 is 0 Å². The normalized spacial score (nSPS) is 15.3. The van der Waals surface area contributed by atoms with E-state index in [0.717, 1.165) is 0 Å². The zero-order valence-corrected chi connectivity index (χ0v) is 13.2. The van der Waals surface area contributed by atoms with Crippen molar-refractivity contribution < 1.29 is 0 Å². The first-order valence-electron chi connectivity index (χ1n) is 3.88. The van der Waals surface area contributed by atoms with Crippen LogP contribution in [0.4, 0.5) is 0 Å². The van der Waals surface area contributed by atoms with Gasteiger partial charge < -0.3 is 3.90 Å². The van der Waals surface area contributed by atoms with Gasteiger partial charge in [-0.15, -0.1) is 21.8 Å². The average Bonchev–Trinajstić information content (AvgIpc) is 1.59. The lowest BCUT2D eigenvalue weighted by Crippen LogP contribution is -2.48. The maximum atomic E-state index is 2.90. The summed E-state index contributed by atoms with van der Waals surface area (Å²) in [5, 5.41) is 0. The summed E-state index contributed by atoms with van der Waals surface area (Å²) in [6.45, 7) is 11.8. The molecule has 10 heavy (non-hydrogen) atoms. The molecule has 1 unspecified atom stereocenters. The van der Waals surface area contributed by atoms with Crippen LogP contribution in [0.5, 0.6) is 0 Å². The molecule has 0 saturated heterocycles. The molecule has 1 atom stereocenters. The summed E-state index contributed by atoms with van der Waals surface area (Å²) in [6.07, 6.45) is 0. The molecule has 0 aromatic heterocycles. The molecule has 0 bridgehead atoms. The van der Waals surface area contributed by atoms with Crippen molar-refractivity contribution in [2.45, 2.75) is 32.7 Å². The Labute approximate surface area is 82.5 Å². The molecule has 0 aliphatic heterocycles. The second kappa shape index (κ2) is 5.07. The van der Waals surface area contributed by atoms with E-state index >= 15 is 0 Å². The Kier molecular flexibility index (Phi) is 5.75. The minimum Gasteiger partial charge on any atom is -0.368 e. The lowest BCUT2D eigenvalue weighted by atomic mass is 11.9. The number of nitrogens with zero attached hydrogens (tertiary/aromatic N) is 1. The summed E-state index contributed by atoms with van der Waals surface area (Å²) >= 11 is 2.67. The van der Waals surface area contributed by atoms with Crippen LogP contribution in [0.1, 0.15) is 0 Å². The summed E-state index contributed by atoms with van der Waals surface area (Å²) in [7, 11) is -0.904. The number of hydrogen-bond donors (Lipinski definition) is 0. The molecule has 0 fully saturated rings. The van der Waals surface area contributed by atoms with Gasteiger partial charge in [0.05, 0.1) is 17.9 Å². The maximum Gasteiger partial charge on any atom is 0.165 e. The van der Waals surface area contributed by atoms with Crippen molar-refractivity contribution in [2.75, 3.05) is 0 Å². The molecule has 0 aromatic carbocycles. The summed E-state index contributed by atoms with van der Waals surface area (Å²) < 4.78 is 2.90. The molecule has 0 amide bonds. The SMILES string of the molecule is C[SiH](C)N([SiH](C)C)[SiH](C)I. The first-order chi connectivity index (χ1) is 4.46. The highest BCUT2D eigenvalue weighted by Crippen LogP contribution is 2.08. The van der Waals surface area contributed by atoms with Crippen LogP contribution in [0.25, 0.3) is 0 Å². The van der Waals surface area contributed by atoms with Crippen LogP contribution in [-0.4, -0.2) is 28.3 Å². The second-order valence-electron chi connectivity index (χ2n) is 3.21. The van der Waals surface area contributed by atoms with E-state index in [0.29, 0.717) is 0 Å². The zero-order valence-electron chi connectivity index (χ0n) is 7.56. The molecule has 0 aliphatic rings. The van der Waals surface area contributed by atoms with Crippen LogP contribution in [-0.2, 0) is 0 Å². The third kappa shape index (κ3) is 3.65. The monoisotopic (exact) mass is 303 g/mol. The molecule has 0 aliphatic carbocycles. The molecular weight excluding hydrogens is 285 g/mol. The van der Waals surface area contributed by atoms with Crippen molar-refractivity contribution in [3.8, 4) is 0 Å². The van der Waals surface area contributed by atoms with E-state index in [-0.39, 0.29) is 0 Å². The van der Waals surface area contributed by atoms with Gasteiger partial charge in [0.1, 0.15) is 0 Å². The fraction of sp³-hybridized carbons (Fsp3) is 1.00. The lowest BCUT2D eigenvalue weighted by molar-refractivity contribution is 1.03. The topological polar surface area (TPSA) is 3.24 Å². The van der Waals surface area contributed by atoms with Gasteiger partial charge in [-0.3, -0.25) is 0 Å². The minimum absolute atomic E-state index is 0.452. The maximum absolute atomic E-state index is 2.90. The van der Waals surface area contributed by atoms with E-state index in [2.05, 4.69) is 58.4 Å². The number of halogens is 1. The smallest absolute Gasteiger partial charge is 0.165 e. The van der Waals surface area contributed by atoms with Gasteiger partial charge in [-0.2, -0.15) is 0 Å². The predicted octanol–water partition coefficient (Wildman–Crippen LogP) is 1.54. The fourth-order valence-corrected chi connectivity index (χ4v) is 24.3. The first-order valence-corrected chi connectivity index (χ1v) is 15.4. The molecule has 1 nitrogen and oxygen atoms in total. The Balaban J connectivity index is 3.98. The van der Waals surface area contributed by atoms with E-state index in [1.54, 1.807) is 0 Å². The zero-order chi connectivity index (χ0) is 8.31. The van der Waals surface area contributed by atoms with Crippen molar-refractivity contribution in [3.05, 3.63) is 0 Å². The third-order valence-electron chi connectivity index (χ3n) is 1.60. The van der Waals surface area contributed by atoms with Gasteiger partial charge in [0, 0.05) is 0 Å². The van der Waals surface area contributed by atoms with Gasteiger partial charge >= 0.3 is 0 Å². The Bertz CT molecular complexity index is 77.9. The lowest BCUT2D eigenvalue weighted by Gasteiger charge is -2.31. The molecule has 0 aromatic rings. The highest BCUT2D eigenvalue weighted by atomic mass is 127.